The summed E-state index contributed by atoms with van der Waals surface area (Å²) >= 11 is 0. The third-order valence-electron chi connectivity index (χ3n) is 1.99. The fraction of sp³-hybridized carbons (Fsp3) is 0.250. The van der Waals surface area contributed by atoms with E-state index in [-0.39, 0.29) is 11.7 Å². The second kappa shape index (κ2) is 6.15. The van der Waals surface area contributed by atoms with Gasteiger partial charge in [0.1, 0.15) is 5.75 Å². The van der Waals surface area contributed by atoms with E-state index in [1.807, 2.05) is 0 Å². The SMILES string of the molecule is C=C(C)C(=O)Nc1cccc(OC(O)C(O)O)c1. The van der Waals surface area contributed by atoms with Gasteiger partial charge in [0, 0.05) is 17.3 Å². The molecule has 98 valence electrons. The zero-order valence-electron chi connectivity index (χ0n) is 9.83. The summed E-state index contributed by atoms with van der Waals surface area (Å²) in [6.07, 6.45) is -3.75. The Kier molecular flexibility index (Phi) is 4.85. The topological polar surface area (TPSA) is 99.0 Å². The molecule has 0 aliphatic heterocycles. The number of anilines is 1. The lowest BCUT2D eigenvalue weighted by Gasteiger charge is -2.15. The summed E-state index contributed by atoms with van der Waals surface area (Å²) in [6.45, 7) is 5.07. The second-order valence-electron chi connectivity index (χ2n) is 3.68. The third kappa shape index (κ3) is 4.17. The summed E-state index contributed by atoms with van der Waals surface area (Å²) in [6, 6.07) is 6.14. The number of carbonyl (C=O) groups excluding carboxylic acids is 1. The Morgan fingerprint density at radius 1 is 1.39 bits per heavy atom. The molecule has 0 bridgehead atoms. The van der Waals surface area contributed by atoms with E-state index in [9.17, 15) is 4.79 Å². The van der Waals surface area contributed by atoms with Crippen LogP contribution in [0.2, 0.25) is 0 Å². The Labute approximate surface area is 104 Å². The monoisotopic (exact) mass is 253 g/mol. The van der Waals surface area contributed by atoms with Gasteiger partial charge in [-0.05, 0) is 19.1 Å². The maximum Gasteiger partial charge on any atom is 0.250 e. The van der Waals surface area contributed by atoms with Crippen molar-refractivity contribution in [3.05, 3.63) is 36.4 Å². The molecule has 1 atom stereocenters. The molecule has 0 radical (unpaired) electrons. The molecule has 6 heteroatoms. The van der Waals surface area contributed by atoms with E-state index in [2.05, 4.69) is 11.9 Å². The van der Waals surface area contributed by atoms with E-state index in [0.717, 1.165) is 0 Å². The molecule has 0 aliphatic carbocycles. The number of benzene rings is 1. The number of amides is 1. The minimum absolute atomic E-state index is 0.190. The first-order valence-corrected chi connectivity index (χ1v) is 5.18. The van der Waals surface area contributed by atoms with Gasteiger partial charge in [-0.2, -0.15) is 0 Å². The van der Waals surface area contributed by atoms with Gasteiger partial charge >= 0.3 is 0 Å². The lowest BCUT2D eigenvalue weighted by Crippen LogP contribution is -2.30. The van der Waals surface area contributed by atoms with Gasteiger partial charge in [0.25, 0.3) is 5.91 Å². The van der Waals surface area contributed by atoms with E-state index < -0.39 is 12.6 Å². The summed E-state index contributed by atoms with van der Waals surface area (Å²) in [7, 11) is 0. The van der Waals surface area contributed by atoms with Crippen molar-refractivity contribution in [3.63, 3.8) is 0 Å². The Hall–Kier alpha value is -1.89. The van der Waals surface area contributed by atoms with Gasteiger partial charge in [0.2, 0.25) is 12.6 Å². The number of ether oxygens (including phenoxy) is 1. The van der Waals surface area contributed by atoms with Crippen molar-refractivity contribution >= 4 is 11.6 Å². The van der Waals surface area contributed by atoms with Crippen LogP contribution in [0.15, 0.2) is 36.4 Å². The lowest BCUT2D eigenvalue weighted by atomic mass is 10.2. The number of carbonyl (C=O) groups is 1. The van der Waals surface area contributed by atoms with Crippen molar-refractivity contribution in [2.24, 2.45) is 0 Å². The van der Waals surface area contributed by atoms with Crippen LogP contribution < -0.4 is 10.1 Å². The van der Waals surface area contributed by atoms with Crippen LogP contribution in [0, 0.1) is 0 Å². The molecule has 0 heterocycles. The minimum atomic E-state index is -2.00. The van der Waals surface area contributed by atoms with Crippen LogP contribution >= 0.6 is 0 Å². The summed E-state index contributed by atoms with van der Waals surface area (Å²) in [5.74, 6) is -0.148. The first-order chi connectivity index (χ1) is 8.40. The molecule has 18 heavy (non-hydrogen) atoms. The van der Waals surface area contributed by atoms with E-state index in [1.54, 1.807) is 19.1 Å². The quantitative estimate of drug-likeness (QED) is 0.444. The molecule has 0 aliphatic rings. The van der Waals surface area contributed by atoms with Crippen LogP contribution in [0.5, 0.6) is 5.75 Å². The van der Waals surface area contributed by atoms with Crippen LogP contribution in [0.25, 0.3) is 0 Å². The van der Waals surface area contributed by atoms with Crippen LogP contribution in [0.1, 0.15) is 6.92 Å². The zero-order valence-corrected chi connectivity index (χ0v) is 9.83. The Morgan fingerprint density at radius 2 is 2.06 bits per heavy atom. The fourth-order valence-electron chi connectivity index (χ4n) is 1.09. The first kappa shape index (κ1) is 14.2. The summed E-state index contributed by atoms with van der Waals surface area (Å²) in [4.78, 5) is 11.4. The smallest absolute Gasteiger partial charge is 0.250 e. The predicted molar refractivity (Wildman–Crippen MR) is 64.7 cm³/mol. The van der Waals surface area contributed by atoms with Crippen molar-refractivity contribution in [1.82, 2.24) is 0 Å². The highest BCUT2D eigenvalue weighted by atomic mass is 16.6. The van der Waals surface area contributed by atoms with Crippen molar-refractivity contribution in [3.8, 4) is 5.75 Å². The molecular formula is C12H15NO5. The highest BCUT2D eigenvalue weighted by Crippen LogP contribution is 2.19. The molecule has 0 spiro atoms. The maximum absolute atomic E-state index is 11.4. The minimum Gasteiger partial charge on any atom is -0.460 e. The van der Waals surface area contributed by atoms with Gasteiger partial charge in [0.15, 0.2) is 0 Å². The zero-order chi connectivity index (χ0) is 13.7. The average molecular weight is 253 g/mol. The number of hydrogen-bond donors (Lipinski definition) is 4. The highest BCUT2D eigenvalue weighted by molar-refractivity contribution is 6.02. The number of aliphatic hydroxyl groups excluding tert-OH is 2. The van der Waals surface area contributed by atoms with E-state index in [0.29, 0.717) is 11.3 Å². The standard InChI is InChI=1S/C12H15NO5/c1-7(2)10(14)13-8-4-3-5-9(6-8)18-12(17)11(15)16/h3-6,11-12,15-17H,1H2,2H3,(H,13,14). The van der Waals surface area contributed by atoms with E-state index in [4.69, 9.17) is 20.1 Å². The summed E-state index contributed by atoms with van der Waals surface area (Å²) in [5, 5.41) is 29.0. The van der Waals surface area contributed by atoms with Crippen molar-refractivity contribution < 1.29 is 24.9 Å². The Morgan fingerprint density at radius 3 is 2.61 bits per heavy atom. The third-order valence-corrected chi connectivity index (χ3v) is 1.99. The molecule has 1 aromatic carbocycles. The lowest BCUT2D eigenvalue weighted by molar-refractivity contribution is -0.194. The molecule has 0 fully saturated rings. The number of rotatable bonds is 5. The van der Waals surface area contributed by atoms with Crippen molar-refractivity contribution in [2.45, 2.75) is 19.5 Å². The van der Waals surface area contributed by atoms with Crippen molar-refractivity contribution in [2.75, 3.05) is 5.32 Å². The van der Waals surface area contributed by atoms with Crippen LogP contribution in [-0.2, 0) is 4.79 Å². The average Bonchev–Trinajstić information content (AvgIpc) is 2.29. The summed E-state index contributed by atoms with van der Waals surface area (Å²) in [5.41, 5.74) is 0.798. The molecule has 0 saturated heterocycles. The second-order valence-corrected chi connectivity index (χ2v) is 3.68. The van der Waals surface area contributed by atoms with Crippen molar-refractivity contribution in [1.29, 1.82) is 0 Å². The van der Waals surface area contributed by atoms with Gasteiger partial charge in [-0.15, -0.1) is 0 Å². The van der Waals surface area contributed by atoms with Gasteiger partial charge < -0.3 is 25.4 Å². The number of hydrogen-bond acceptors (Lipinski definition) is 5. The van der Waals surface area contributed by atoms with Gasteiger partial charge in [-0.3, -0.25) is 4.79 Å². The first-order valence-electron chi connectivity index (χ1n) is 5.18. The Balaban J connectivity index is 2.73. The highest BCUT2D eigenvalue weighted by Gasteiger charge is 2.14. The van der Waals surface area contributed by atoms with Crippen LogP contribution in [0.4, 0.5) is 5.69 Å². The molecule has 6 nitrogen and oxygen atoms in total. The van der Waals surface area contributed by atoms with Crippen LogP contribution in [0.3, 0.4) is 0 Å². The summed E-state index contributed by atoms with van der Waals surface area (Å²) < 4.78 is 4.84. The van der Waals surface area contributed by atoms with Gasteiger partial charge in [-0.1, -0.05) is 12.6 Å². The number of aliphatic hydroxyl groups is 3. The Bertz CT molecular complexity index is 444. The fourth-order valence-corrected chi connectivity index (χ4v) is 1.09. The van der Waals surface area contributed by atoms with Gasteiger partial charge in [0.05, 0.1) is 0 Å². The predicted octanol–water partition coefficient (Wildman–Crippen LogP) is 0.209. The van der Waals surface area contributed by atoms with E-state index in [1.165, 1.54) is 12.1 Å². The molecule has 1 rings (SSSR count). The molecular weight excluding hydrogens is 238 g/mol. The number of nitrogens with one attached hydrogen (secondary N) is 1. The molecule has 0 aromatic heterocycles. The normalized spacial score (nSPS) is 12.1. The molecule has 4 N–H and O–H groups in total. The van der Waals surface area contributed by atoms with Crippen LogP contribution in [-0.4, -0.2) is 33.8 Å². The molecule has 1 unspecified atom stereocenters. The molecule has 1 aromatic rings. The maximum atomic E-state index is 11.4. The van der Waals surface area contributed by atoms with E-state index >= 15 is 0 Å². The molecule has 1 amide bonds. The van der Waals surface area contributed by atoms with Gasteiger partial charge in [-0.25, -0.2) is 0 Å². The largest absolute Gasteiger partial charge is 0.460 e. The molecule has 0 saturated carbocycles.